The summed E-state index contributed by atoms with van der Waals surface area (Å²) in [6.45, 7) is 1.89. The molecule has 0 unspecified atom stereocenters. The van der Waals surface area contributed by atoms with Gasteiger partial charge in [-0.05, 0) is 36.8 Å². The molecule has 0 aliphatic carbocycles. The molecule has 3 aromatic rings. The number of aromatic nitrogens is 2. The third kappa shape index (κ3) is 2.99. The average Bonchev–Trinajstić information content (AvgIpc) is 2.82. The van der Waals surface area contributed by atoms with Crippen molar-refractivity contribution in [1.29, 1.82) is 0 Å². The van der Waals surface area contributed by atoms with Crippen LogP contribution in [0.4, 0.5) is 10.2 Å². The Hall–Kier alpha value is -2.31. The van der Waals surface area contributed by atoms with Gasteiger partial charge in [-0.1, -0.05) is 35.9 Å². The summed E-state index contributed by atoms with van der Waals surface area (Å²) in [5.74, 6) is 0.435. The van der Waals surface area contributed by atoms with Gasteiger partial charge in [-0.3, -0.25) is 4.79 Å². The molecular formula is C19H15ClFN3OS. The summed E-state index contributed by atoms with van der Waals surface area (Å²) in [6, 6.07) is 13.8. The molecule has 7 heteroatoms. The molecule has 0 saturated heterocycles. The molecule has 132 valence electrons. The van der Waals surface area contributed by atoms with Crippen molar-refractivity contribution in [2.45, 2.75) is 12.2 Å². The highest BCUT2D eigenvalue weighted by Crippen LogP contribution is 2.44. The Morgan fingerprint density at radius 3 is 2.85 bits per heavy atom. The first kappa shape index (κ1) is 17.1. The predicted octanol–water partition coefficient (Wildman–Crippen LogP) is 4.75. The minimum absolute atomic E-state index is 0.122. The van der Waals surface area contributed by atoms with Gasteiger partial charge in [-0.2, -0.15) is 5.10 Å². The van der Waals surface area contributed by atoms with Gasteiger partial charge < -0.3 is 5.32 Å². The lowest BCUT2D eigenvalue weighted by molar-refractivity contribution is -0.113. The molecule has 2 heterocycles. The number of anilines is 1. The molecule has 26 heavy (non-hydrogen) atoms. The average molecular weight is 388 g/mol. The van der Waals surface area contributed by atoms with Crippen molar-refractivity contribution in [3.63, 3.8) is 0 Å². The summed E-state index contributed by atoms with van der Waals surface area (Å²) in [5, 5.41) is 7.88. The van der Waals surface area contributed by atoms with E-state index in [2.05, 4.69) is 10.4 Å². The molecule has 1 atom stereocenters. The summed E-state index contributed by atoms with van der Waals surface area (Å²) in [6.07, 6.45) is 0. The molecular weight excluding hydrogens is 373 g/mol. The normalized spacial score (nSPS) is 16.7. The number of aryl methyl sites for hydroxylation is 1. The maximum Gasteiger partial charge on any atom is 0.235 e. The second-order valence-corrected chi connectivity index (χ2v) is 7.51. The zero-order valence-corrected chi connectivity index (χ0v) is 15.4. The van der Waals surface area contributed by atoms with Gasteiger partial charge in [-0.15, -0.1) is 11.8 Å². The first-order valence-corrected chi connectivity index (χ1v) is 9.48. The number of nitrogens with one attached hydrogen (secondary N) is 1. The molecule has 4 nitrogen and oxygen atoms in total. The van der Waals surface area contributed by atoms with Crippen molar-refractivity contribution >= 4 is 35.1 Å². The van der Waals surface area contributed by atoms with Gasteiger partial charge in [0.1, 0.15) is 11.6 Å². The van der Waals surface area contributed by atoms with Crippen LogP contribution >= 0.6 is 23.4 Å². The Balaban J connectivity index is 1.92. The second-order valence-electron chi connectivity index (χ2n) is 6.01. The van der Waals surface area contributed by atoms with E-state index in [9.17, 15) is 9.18 Å². The van der Waals surface area contributed by atoms with Crippen molar-refractivity contribution in [1.82, 2.24) is 9.78 Å². The highest BCUT2D eigenvalue weighted by atomic mass is 35.5. The van der Waals surface area contributed by atoms with E-state index in [4.69, 9.17) is 11.6 Å². The van der Waals surface area contributed by atoms with E-state index in [0.717, 1.165) is 16.8 Å². The molecule has 1 aromatic heterocycles. The fourth-order valence-electron chi connectivity index (χ4n) is 3.11. The van der Waals surface area contributed by atoms with Crippen LogP contribution in [-0.4, -0.2) is 21.4 Å². The van der Waals surface area contributed by atoms with Crippen LogP contribution in [0.1, 0.15) is 22.1 Å². The van der Waals surface area contributed by atoms with Crippen LogP contribution < -0.4 is 5.32 Å². The number of benzene rings is 2. The van der Waals surface area contributed by atoms with Crippen LogP contribution in [0.3, 0.4) is 0 Å². The third-order valence-corrected chi connectivity index (χ3v) is 5.83. The molecule has 2 aromatic carbocycles. The number of rotatable bonds is 2. The molecule has 0 radical (unpaired) electrons. The van der Waals surface area contributed by atoms with Gasteiger partial charge in [0, 0.05) is 5.56 Å². The number of carbonyl (C=O) groups excluding carboxylic acids is 1. The van der Waals surface area contributed by atoms with Crippen LogP contribution in [0, 0.1) is 12.7 Å². The number of hydrogen-bond donors (Lipinski definition) is 1. The van der Waals surface area contributed by atoms with Gasteiger partial charge in [0.05, 0.1) is 27.4 Å². The first-order chi connectivity index (χ1) is 12.5. The minimum atomic E-state index is -0.302. The largest absolute Gasteiger partial charge is 0.310 e. The standard InChI is InChI=1S/C19H15ClFN3OS/c1-11-17-18(12-5-4-6-13(21)9-12)26-10-16(25)22-19(17)24(23-11)15-8-3-2-7-14(15)20/h2-9,18H,10H2,1H3,(H,22,25)/t18-/m1/s1. The lowest BCUT2D eigenvalue weighted by Gasteiger charge is -2.15. The molecule has 1 aliphatic heterocycles. The Morgan fingerprint density at radius 1 is 1.27 bits per heavy atom. The summed E-state index contributed by atoms with van der Waals surface area (Å²) in [4.78, 5) is 12.3. The van der Waals surface area contributed by atoms with Crippen LogP contribution in [0.2, 0.25) is 5.02 Å². The highest BCUT2D eigenvalue weighted by molar-refractivity contribution is 8.00. The van der Waals surface area contributed by atoms with E-state index in [1.165, 1.54) is 23.9 Å². The van der Waals surface area contributed by atoms with E-state index in [0.29, 0.717) is 16.5 Å². The first-order valence-electron chi connectivity index (χ1n) is 8.06. The monoisotopic (exact) mass is 387 g/mol. The van der Waals surface area contributed by atoms with Gasteiger partial charge in [0.15, 0.2) is 0 Å². The van der Waals surface area contributed by atoms with Crippen molar-refractivity contribution in [2.24, 2.45) is 0 Å². The van der Waals surface area contributed by atoms with Gasteiger partial charge in [-0.25, -0.2) is 9.07 Å². The van der Waals surface area contributed by atoms with Crippen molar-refractivity contribution in [2.75, 3.05) is 11.1 Å². The number of amides is 1. The van der Waals surface area contributed by atoms with E-state index in [-0.39, 0.29) is 22.7 Å². The molecule has 0 fully saturated rings. The SMILES string of the molecule is Cc1nn(-c2ccccc2Cl)c2c1[C@@H](c1cccc(F)c1)SCC(=O)N2. The Bertz CT molecular complexity index is 1000. The summed E-state index contributed by atoms with van der Waals surface area (Å²) in [5.41, 5.74) is 3.12. The number of carbonyl (C=O) groups is 1. The second kappa shape index (κ2) is 6.78. The molecule has 1 N–H and O–H groups in total. The van der Waals surface area contributed by atoms with Crippen LogP contribution in [0.25, 0.3) is 5.69 Å². The fraction of sp³-hybridized carbons (Fsp3) is 0.158. The van der Waals surface area contributed by atoms with Crippen molar-refractivity contribution in [3.8, 4) is 5.69 Å². The lowest BCUT2D eigenvalue weighted by Crippen LogP contribution is -2.16. The highest BCUT2D eigenvalue weighted by Gasteiger charge is 2.31. The van der Waals surface area contributed by atoms with E-state index in [1.54, 1.807) is 16.8 Å². The molecule has 0 bridgehead atoms. The molecule has 4 rings (SSSR count). The number of hydrogen-bond acceptors (Lipinski definition) is 3. The topological polar surface area (TPSA) is 46.9 Å². The van der Waals surface area contributed by atoms with Crippen LogP contribution in [0.15, 0.2) is 48.5 Å². The molecule has 1 amide bonds. The van der Waals surface area contributed by atoms with Crippen molar-refractivity contribution < 1.29 is 9.18 Å². The lowest BCUT2D eigenvalue weighted by atomic mass is 10.0. The van der Waals surface area contributed by atoms with Gasteiger partial charge in [0.2, 0.25) is 5.91 Å². The Morgan fingerprint density at radius 2 is 2.08 bits per heavy atom. The summed E-state index contributed by atoms with van der Waals surface area (Å²) < 4.78 is 15.4. The maximum absolute atomic E-state index is 13.8. The predicted molar refractivity (Wildman–Crippen MR) is 103 cm³/mol. The minimum Gasteiger partial charge on any atom is -0.310 e. The molecule has 0 saturated carbocycles. The Kier molecular flexibility index (Phi) is 4.46. The van der Waals surface area contributed by atoms with Crippen molar-refractivity contribution in [3.05, 3.63) is 76.2 Å². The number of fused-ring (bicyclic) bond motifs is 1. The van der Waals surface area contributed by atoms with Crippen LogP contribution in [-0.2, 0) is 4.79 Å². The Labute approximate surface area is 159 Å². The summed E-state index contributed by atoms with van der Waals surface area (Å²) >= 11 is 7.79. The zero-order chi connectivity index (χ0) is 18.3. The van der Waals surface area contributed by atoms with E-state index < -0.39 is 0 Å². The molecule has 0 spiro atoms. The van der Waals surface area contributed by atoms with Crippen LogP contribution in [0.5, 0.6) is 0 Å². The number of nitrogens with zero attached hydrogens (tertiary/aromatic N) is 2. The number of thioether (sulfide) groups is 1. The molecule has 1 aliphatic rings. The van der Waals surface area contributed by atoms with E-state index in [1.807, 2.05) is 31.2 Å². The number of para-hydroxylation sites is 1. The fourth-order valence-corrected chi connectivity index (χ4v) is 4.51. The van der Waals surface area contributed by atoms with Gasteiger partial charge >= 0.3 is 0 Å². The zero-order valence-electron chi connectivity index (χ0n) is 13.9. The summed E-state index contributed by atoms with van der Waals surface area (Å²) in [7, 11) is 0. The quantitative estimate of drug-likeness (QED) is 0.690. The number of halogens is 2. The smallest absolute Gasteiger partial charge is 0.235 e. The third-order valence-electron chi connectivity index (χ3n) is 4.24. The van der Waals surface area contributed by atoms with Gasteiger partial charge in [0.25, 0.3) is 0 Å². The van der Waals surface area contributed by atoms with E-state index >= 15 is 0 Å². The maximum atomic E-state index is 13.8.